The van der Waals surface area contributed by atoms with Crippen LogP contribution in [0.2, 0.25) is 12.1 Å². The Morgan fingerprint density at radius 3 is 0.868 bits per heavy atom. The average molecular weight is 1470 g/mol. The first-order chi connectivity index (χ1) is 51.7. The summed E-state index contributed by atoms with van der Waals surface area (Å²) >= 11 is 0. The van der Waals surface area contributed by atoms with Crippen LogP contribution in [0.15, 0.2) is 146 Å². The van der Waals surface area contributed by atoms with Crippen molar-refractivity contribution in [1.82, 2.24) is 19.6 Å². The van der Waals surface area contributed by atoms with Crippen LogP contribution >= 0.6 is 0 Å². The van der Waals surface area contributed by atoms with Crippen LogP contribution in [0.4, 0.5) is 0 Å². The van der Waals surface area contributed by atoms with E-state index in [1.54, 1.807) is 115 Å². The second kappa shape index (κ2) is 31.0. The Hall–Kier alpha value is -9.11. The summed E-state index contributed by atoms with van der Waals surface area (Å²) in [5.41, 5.74) is 0.327. The zero-order valence-electron chi connectivity index (χ0n) is 61.2. The van der Waals surface area contributed by atoms with E-state index in [1.807, 2.05) is 82.6 Å². The van der Waals surface area contributed by atoms with Crippen molar-refractivity contribution in [3.05, 3.63) is 168 Å². The molecular weight excluding hydrogens is 1380 g/mol. The van der Waals surface area contributed by atoms with Gasteiger partial charge >= 0.3 is 17.6 Å². The number of nitrogens with zero attached hydrogens (tertiary/aromatic N) is 4. The molecule has 20 nitrogen and oxygen atoms in total. The van der Waals surface area contributed by atoms with Crippen LogP contribution in [0, 0.1) is 11.8 Å². The summed E-state index contributed by atoms with van der Waals surface area (Å²) in [5.74, 6) is -1.06. The average Bonchev–Trinajstić information content (AvgIpc) is 0.672. The lowest BCUT2D eigenvalue weighted by Crippen LogP contribution is -2.55. The van der Waals surface area contributed by atoms with Gasteiger partial charge in [0.15, 0.2) is 0 Å². The van der Waals surface area contributed by atoms with E-state index in [1.165, 1.54) is 0 Å². The Morgan fingerprint density at radius 2 is 0.604 bits per heavy atom. The Kier molecular flexibility index (Phi) is 21.2. The van der Waals surface area contributed by atoms with Crippen molar-refractivity contribution >= 4 is 96.1 Å². The first-order valence-corrected chi connectivity index (χ1v) is 41.5. The molecule has 0 radical (unpaired) electrons. The summed E-state index contributed by atoms with van der Waals surface area (Å²) in [6.07, 6.45) is 15.5. The quantitative estimate of drug-likeness (QED) is 0.0214. The summed E-state index contributed by atoms with van der Waals surface area (Å²) in [5, 5.41) is 2.59. The number of hydrogen-bond donors (Lipinski definition) is 0. The first kappa shape index (κ1) is 72.5. The molecule has 6 amide bonds. The molecule has 9 aromatic rings. The van der Waals surface area contributed by atoms with Gasteiger partial charge in [0.1, 0.15) is 59.1 Å². The monoisotopic (exact) mass is 1470 g/mol. The minimum absolute atomic E-state index is 0.0817. The van der Waals surface area contributed by atoms with E-state index in [-0.39, 0.29) is 104 Å². The highest BCUT2D eigenvalue weighted by molar-refractivity contribution is 6.61. The van der Waals surface area contributed by atoms with Gasteiger partial charge in [0.2, 0.25) is 11.8 Å². The zero-order chi connectivity index (χ0) is 73.4. The van der Waals surface area contributed by atoms with Gasteiger partial charge in [-0.2, -0.15) is 0 Å². The fourth-order valence-electron chi connectivity index (χ4n) is 18.3. The van der Waals surface area contributed by atoms with E-state index >= 15 is 28.8 Å². The lowest BCUT2D eigenvalue weighted by Gasteiger charge is -2.44. The standard InChI is InChI=1S/C84H92N4O16Si2/c1-95-105(96-2,97-3)51-53-27-25-33-57(43-53)87(55-29-13-7-14-30-55)71(89)49-85-81(91)63-45-67(101-59-35-17-9-18-36-59)75-77-69(103-61-39-21-11-22-40-61)47-65-74-66(84(94)86(83(65)93)50-72(90)88(56-31-15-8-16-32-56)58-34-26-28-54(44-58)52-106(98-4,99-5)100-6)48-70(104-62-41-23-12-24-42-62)78(80(74)77)76-68(102-60-37-19-10-20-38-60)46-64(82(85)92)73(63)79(75)76/h9-12,17-24,35-42,45-48,53-58H,7-8,13-16,25-34,43-44,49-52H2,1-6H3. The number of para-hydroxylation sites is 4. The molecular formula is C84H92N4O16Si2. The Balaban J connectivity index is 0.938. The lowest BCUT2D eigenvalue weighted by atomic mass is 9.80. The number of hydrogen-bond acceptors (Lipinski definition) is 16. The summed E-state index contributed by atoms with van der Waals surface area (Å²) in [4.78, 5) is 103. The van der Waals surface area contributed by atoms with Crippen LogP contribution in [0.1, 0.15) is 157 Å². The summed E-state index contributed by atoms with van der Waals surface area (Å²) in [6, 6.07) is 43.6. The van der Waals surface area contributed by atoms with Gasteiger partial charge in [-0.25, -0.2) is 0 Å². The molecule has 0 bridgehead atoms. The number of benzene rings is 9. The smallest absolute Gasteiger partial charge is 0.457 e. The van der Waals surface area contributed by atoms with Crippen LogP contribution in [0.5, 0.6) is 46.0 Å². The highest BCUT2D eigenvalue weighted by atomic mass is 28.4. The normalized spacial score (nSPS) is 19.7. The maximum atomic E-state index is 16.3. The zero-order valence-corrected chi connectivity index (χ0v) is 63.2. The van der Waals surface area contributed by atoms with E-state index in [2.05, 4.69) is 0 Å². The van der Waals surface area contributed by atoms with Gasteiger partial charge < -0.3 is 55.3 Å². The molecule has 4 unspecified atom stereocenters. The maximum absolute atomic E-state index is 16.3. The molecule has 4 fully saturated rings. The largest absolute Gasteiger partial charge is 0.500 e. The van der Waals surface area contributed by atoms with E-state index in [9.17, 15) is 0 Å². The highest BCUT2D eigenvalue weighted by Gasteiger charge is 2.49. The predicted molar refractivity (Wildman–Crippen MR) is 407 cm³/mol. The second-order valence-electron chi connectivity index (χ2n) is 29.3. The molecule has 6 aliphatic rings. The third kappa shape index (κ3) is 13.7. The van der Waals surface area contributed by atoms with Gasteiger partial charge in [-0.15, -0.1) is 0 Å². The van der Waals surface area contributed by atoms with Crippen LogP contribution in [0.25, 0.3) is 43.1 Å². The lowest BCUT2D eigenvalue weighted by molar-refractivity contribution is -0.139. The van der Waals surface area contributed by atoms with E-state index in [0.29, 0.717) is 80.2 Å². The third-order valence-corrected chi connectivity index (χ3v) is 29.2. The number of ether oxygens (including phenoxy) is 4. The minimum atomic E-state index is -3.01. The number of carbonyl (C=O) groups excluding carboxylic acids is 6. The van der Waals surface area contributed by atoms with Gasteiger partial charge in [0.05, 0.1) is 22.3 Å². The van der Waals surface area contributed by atoms with Crippen molar-refractivity contribution in [2.45, 2.75) is 152 Å². The topological polar surface area (TPSA) is 208 Å². The van der Waals surface area contributed by atoms with Gasteiger partial charge in [-0.1, -0.05) is 137 Å². The van der Waals surface area contributed by atoms with Crippen molar-refractivity contribution in [3.63, 3.8) is 0 Å². The number of amides is 6. The van der Waals surface area contributed by atoms with Crippen molar-refractivity contribution in [1.29, 1.82) is 0 Å². The molecule has 15 rings (SSSR count). The Labute approximate surface area is 620 Å². The first-order valence-electron chi connectivity index (χ1n) is 37.6. The second-order valence-corrected chi connectivity index (χ2v) is 35.3. The molecule has 9 aromatic carbocycles. The van der Waals surface area contributed by atoms with Crippen LogP contribution in [0.3, 0.4) is 0 Å². The summed E-state index contributed by atoms with van der Waals surface area (Å²) < 4.78 is 64.3. The molecule has 4 saturated carbocycles. The van der Waals surface area contributed by atoms with Crippen LogP contribution in [-0.4, -0.2) is 153 Å². The summed E-state index contributed by atoms with van der Waals surface area (Å²) in [6.45, 7) is -1.09. The molecule has 2 heterocycles. The van der Waals surface area contributed by atoms with E-state index < -0.39 is 54.3 Å². The van der Waals surface area contributed by atoms with Gasteiger partial charge in [0.25, 0.3) is 23.6 Å². The number of imide groups is 2. The molecule has 4 aliphatic carbocycles. The van der Waals surface area contributed by atoms with E-state index in [0.717, 1.165) is 113 Å². The van der Waals surface area contributed by atoms with E-state index in [4.69, 9.17) is 45.5 Å². The maximum Gasteiger partial charge on any atom is 0.500 e. The molecule has 106 heavy (non-hydrogen) atoms. The number of fused-ring (bicyclic) bond motifs is 2. The van der Waals surface area contributed by atoms with Gasteiger partial charge in [-0.05, 0) is 136 Å². The van der Waals surface area contributed by atoms with Gasteiger partial charge in [0, 0.05) is 122 Å². The molecule has 4 atom stereocenters. The van der Waals surface area contributed by atoms with Crippen molar-refractivity contribution in [2.24, 2.45) is 11.8 Å². The van der Waals surface area contributed by atoms with Crippen molar-refractivity contribution < 1.29 is 74.3 Å². The SMILES string of the molecule is CO[Si](CC1CCCC(N(C(=O)CN2C(=O)c3cc(Oc4ccccc4)c4c5c(Oc6ccccc6)cc6c7c(cc(Oc8ccccc8)c(c8c(Oc9ccccc9)cc(c3c48)C2=O)c75)C(=O)N(CC(=O)N(C2CCCCC2)C2CCCC(C[Si](OC)(OC)OC)C2)C6=O)C2CCCCC2)C1)(OC)OC. The van der Waals surface area contributed by atoms with Gasteiger partial charge in [-0.3, -0.25) is 38.6 Å². The molecule has 0 saturated heterocycles. The van der Waals surface area contributed by atoms with Crippen molar-refractivity contribution in [3.8, 4) is 46.0 Å². The number of rotatable bonds is 26. The molecule has 0 spiro atoms. The van der Waals surface area contributed by atoms with Crippen molar-refractivity contribution in [2.75, 3.05) is 55.7 Å². The number of carbonyl (C=O) groups is 6. The Morgan fingerprint density at radius 1 is 0.340 bits per heavy atom. The molecule has 0 aromatic heterocycles. The predicted octanol–water partition coefficient (Wildman–Crippen LogP) is 17.3. The molecule has 22 heteroatoms. The fourth-order valence-corrected chi connectivity index (χ4v) is 22.5. The fraction of sp³-hybridized carbons (Fsp3) is 0.405. The molecule has 0 N–H and O–H groups in total. The molecule has 552 valence electrons. The minimum Gasteiger partial charge on any atom is -0.457 e. The van der Waals surface area contributed by atoms with Crippen LogP contribution < -0.4 is 18.9 Å². The Bertz CT molecular complexity index is 4240. The highest BCUT2D eigenvalue weighted by Crippen LogP contribution is 2.58. The molecule has 2 aliphatic heterocycles. The summed E-state index contributed by atoms with van der Waals surface area (Å²) in [7, 11) is 3.70. The third-order valence-electron chi connectivity index (χ3n) is 23.3. The van der Waals surface area contributed by atoms with Crippen LogP contribution in [-0.2, 0) is 36.1 Å².